The van der Waals surface area contributed by atoms with Crippen molar-refractivity contribution in [1.29, 1.82) is 0 Å². The number of benzene rings is 2. The van der Waals surface area contributed by atoms with Gasteiger partial charge in [0.2, 0.25) is 0 Å². The van der Waals surface area contributed by atoms with Crippen LogP contribution < -0.4 is 10.9 Å². The number of halogens is 1. The molecule has 2 N–H and O–H groups in total. The van der Waals surface area contributed by atoms with Gasteiger partial charge in [0.05, 0.1) is 17.3 Å². The highest BCUT2D eigenvalue weighted by Crippen LogP contribution is 2.28. The van der Waals surface area contributed by atoms with E-state index in [1.165, 1.54) is 0 Å². The second-order valence-corrected chi connectivity index (χ2v) is 8.22. The standard InChI is InChI=1S/C25H22ClN3O3/c1-14-12-20(16(3)27-21-7-5-4-6-19(21)25(31)32)23-28-22(15(2)24(30)29(23)13-14)17-8-10-18(26)11-9-17/h4-13,16,27H,1-3H3,(H,31,32)/t16-/m1/s1. The van der Waals surface area contributed by atoms with Gasteiger partial charge in [-0.2, -0.15) is 0 Å². The molecule has 0 aliphatic heterocycles. The van der Waals surface area contributed by atoms with Crippen LogP contribution in [-0.2, 0) is 0 Å². The molecule has 0 radical (unpaired) electrons. The third-order valence-corrected chi connectivity index (χ3v) is 5.68. The van der Waals surface area contributed by atoms with Gasteiger partial charge in [-0.1, -0.05) is 35.9 Å². The van der Waals surface area contributed by atoms with Gasteiger partial charge in [0.1, 0.15) is 5.65 Å². The quantitative estimate of drug-likeness (QED) is 0.422. The summed E-state index contributed by atoms with van der Waals surface area (Å²) in [5, 5.41) is 13.4. The minimum absolute atomic E-state index is 0.150. The number of para-hydroxylation sites is 1. The molecule has 162 valence electrons. The lowest BCUT2D eigenvalue weighted by Gasteiger charge is -2.20. The molecule has 32 heavy (non-hydrogen) atoms. The molecule has 0 spiro atoms. The lowest BCUT2D eigenvalue weighted by atomic mass is 10.0. The highest BCUT2D eigenvalue weighted by molar-refractivity contribution is 6.30. The van der Waals surface area contributed by atoms with Crippen molar-refractivity contribution in [2.45, 2.75) is 26.8 Å². The number of aromatic carboxylic acids is 1. The number of carboxylic acids is 1. The number of carboxylic acid groups (broad SMARTS) is 1. The van der Waals surface area contributed by atoms with Gasteiger partial charge in [0, 0.05) is 33.6 Å². The maximum atomic E-state index is 13.2. The van der Waals surface area contributed by atoms with Crippen LogP contribution >= 0.6 is 11.6 Å². The summed E-state index contributed by atoms with van der Waals surface area (Å²) in [5.74, 6) is -1.01. The molecule has 2 aromatic carbocycles. The van der Waals surface area contributed by atoms with Crippen molar-refractivity contribution in [2.75, 3.05) is 5.32 Å². The molecule has 0 aliphatic carbocycles. The van der Waals surface area contributed by atoms with E-state index in [1.54, 1.807) is 53.9 Å². The van der Waals surface area contributed by atoms with Gasteiger partial charge in [-0.25, -0.2) is 9.78 Å². The Balaban J connectivity index is 1.89. The summed E-state index contributed by atoms with van der Waals surface area (Å²) in [7, 11) is 0. The number of fused-ring (bicyclic) bond motifs is 1. The minimum atomic E-state index is -1.01. The average Bonchev–Trinajstić information content (AvgIpc) is 2.77. The number of rotatable bonds is 5. The Bertz CT molecular complexity index is 1390. The van der Waals surface area contributed by atoms with Gasteiger partial charge >= 0.3 is 5.97 Å². The number of aryl methyl sites for hydroxylation is 1. The number of anilines is 1. The number of carbonyl (C=O) groups is 1. The van der Waals surface area contributed by atoms with E-state index < -0.39 is 5.97 Å². The minimum Gasteiger partial charge on any atom is -0.478 e. The second kappa shape index (κ2) is 8.48. The SMILES string of the molecule is Cc1cc([C@@H](C)Nc2ccccc2C(=O)O)c2nc(-c3ccc(Cl)cc3)c(C)c(=O)n2c1. The molecule has 1 atom stereocenters. The highest BCUT2D eigenvalue weighted by Gasteiger charge is 2.19. The van der Waals surface area contributed by atoms with Crippen LogP contribution in [0.5, 0.6) is 0 Å². The molecule has 0 saturated heterocycles. The molecular formula is C25H22ClN3O3. The fourth-order valence-electron chi connectivity index (χ4n) is 3.81. The van der Waals surface area contributed by atoms with Gasteiger partial charge in [0.15, 0.2) is 0 Å². The Hall–Kier alpha value is -3.64. The van der Waals surface area contributed by atoms with Gasteiger partial charge in [-0.15, -0.1) is 0 Å². The Kier molecular flexibility index (Phi) is 5.72. The molecule has 2 aromatic heterocycles. The van der Waals surface area contributed by atoms with Crippen molar-refractivity contribution in [2.24, 2.45) is 0 Å². The number of aromatic nitrogens is 2. The van der Waals surface area contributed by atoms with Gasteiger partial charge < -0.3 is 10.4 Å². The predicted octanol–water partition coefficient (Wildman–Crippen LogP) is 5.50. The summed E-state index contributed by atoms with van der Waals surface area (Å²) in [6.07, 6.45) is 1.77. The largest absolute Gasteiger partial charge is 0.478 e. The molecule has 4 aromatic rings. The fraction of sp³-hybridized carbons (Fsp3) is 0.160. The van der Waals surface area contributed by atoms with Crippen LogP contribution in [0, 0.1) is 13.8 Å². The monoisotopic (exact) mass is 447 g/mol. The smallest absolute Gasteiger partial charge is 0.337 e. The highest BCUT2D eigenvalue weighted by atomic mass is 35.5. The molecule has 0 bridgehead atoms. The second-order valence-electron chi connectivity index (χ2n) is 7.78. The fourth-order valence-corrected chi connectivity index (χ4v) is 3.94. The van der Waals surface area contributed by atoms with Crippen LogP contribution in [0.2, 0.25) is 5.02 Å². The molecule has 0 fully saturated rings. The van der Waals surface area contributed by atoms with E-state index >= 15 is 0 Å². The third kappa shape index (κ3) is 3.97. The summed E-state index contributed by atoms with van der Waals surface area (Å²) in [4.78, 5) is 29.7. The average molecular weight is 448 g/mol. The first-order chi connectivity index (χ1) is 15.3. The van der Waals surface area contributed by atoms with Crippen LogP contribution in [0.3, 0.4) is 0 Å². The normalized spacial score (nSPS) is 12.0. The third-order valence-electron chi connectivity index (χ3n) is 5.43. The van der Waals surface area contributed by atoms with Crippen molar-refractivity contribution in [3.05, 3.63) is 98.4 Å². The molecule has 2 heterocycles. The van der Waals surface area contributed by atoms with Crippen molar-refractivity contribution in [1.82, 2.24) is 9.38 Å². The predicted molar refractivity (Wildman–Crippen MR) is 127 cm³/mol. The Labute approximate surface area is 190 Å². The van der Waals surface area contributed by atoms with Gasteiger partial charge in [0.25, 0.3) is 5.56 Å². The van der Waals surface area contributed by atoms with Crippen molar-refractivity contribution >= 4 is 28.9 Å². The van der Waals surface area contributed by atoms with E-state index in [-0.39, 0.29) is 17.2 Å². The van der Waals surface area contributed by atoms with Crippen LogP contribution in [0.15, 0.2) is 65.6 Å². The van der Waals surface area contributed by atoms with E-state index in [9.17, 15) is 14.7 Å². The lowest BCUT2D eigenvalue weighted by Crippen LogP contribution is -2.22. The molecular weight excluding hydrogens is 426 g/mol. The van der Waals surface area contributed by atoms with Crippen molar-refractivity contribution < 1.29 is 9.90 Å². The summed E-state index contributed by atoms with van der Waals surface area (Å²) in [5.41, 5.74) is 4.67. The summed E-state index contributed by atoms with van der Waals surface area (Å²) in [6.45, 7) is 5.59. The van der Waals surface area contributed by atoms with E-state index in [0.29, 0.717) is 27.6 Å². The number of pyridine rings is 1. The van der Waals surface area contributed by atoms with Crippen LogP contribution in [0.25, 0.3) is 16.9 Å². The Morgan fingerprint density at radius 1 is 1.12 bits per heavy atom. The molecule has 6 nitrogen and oxygen atoms in total. The zero-order valence-electron chi connectivity index (χ0n) is 17.9. The zero-order valence-corrected chi connectivity index (χ0v) is 18.6. The Morgan fingerprint density at radius 3 is 2.50 bits per heavy atom. The number of hydrogen-bond acceptors (Lipinski definition) is 4. The molecule has 0 saturated carbocycles. The Morgan fingerprint density at radius 2 is 1.81 bits per heavy atom. The van der Waals surface area contributed by atoms with E-state index in [2.05, 4.69) is 5.32 Å². The van der Waals surface area contributed by atoms with Crippen LogP contribution in [0.1, 0.15) is 40.0 Å². The number of nitrogens with one attached hydrogen (secondary N) is 1. The van der Waals surface area contributed by atoms with Crippen molar-refractivity contribution in [3.8, 4) is 11.3 Å². The molecule has 0 aliphatic rings. The van der Waals surface area contributed by atoms with Crippen LogP contribution in [0.4, 0.5) is 5.69 Å². The summed E-state index contributed by atoms with van der Waals surface area (Å²) in [6, 6.07) is 15.6. The molecule has 0 amide bonds. The molecule has 7 heteroatoms. The van der Waals surface area contributed by atoms with E-state index in [0.717, 1.165) is 16.7 Å². The first kappa shape index (κ1) is 21.6. The van der Waals surface area contributed by atoms with Crippen LogP contribution in [-0.4, -0.2) is 20.5 Å². The van der Waals surface area contributed by atoms with E-state index in [1.807, 2.05) is 32.0 Å². The van der Waals surface area contributed by atoms with Gasteiger partial charge in [-0.05, 0) is 56.7 Å². The molecule has 0 unspecified atom stereocenters. The summed E-state index contributed by atoms with van der Waals surface area (Å²) >= 11 is 6.03. The van der Waals surface area contributed by atoms with Crippen molar-refractivity contribution in [3.63, 3.8) is 0 Å². The summed E-state index contributed by atoms with van der Waals surface area (Å²) < 4.78 is 1.56. The molecule has 4 rings (SSSR count). The first-order valence-electron chi connectivity index (χ1n) is 10.1. The lowest BCUT2D eigenvalue weighted by molar-refractivity contribution is 0.0698. The van der Waals surface area contributed by atoms with E-state index in [4.69, 9.17) is 16.6 Å². The number of nitrogens with zero attached hydrogens (tertiary/aromatic N) is 2. The maximum absolute atomic E-state index is 13.2. The number of hydrogen-bond donors (Lipinski definition) is 2. The maximum Gasteiger partial charge on any atom is 0.337 e. The first-order valence-corrected chi connectivity index (χ1v) is 10.5. The topological polar surface area (TPSA) is 83.7 Å². The van der Waals surface area contributed by atoms with Gasteiger partial charge in [-0.3, -0.25) is 9.20 Å². The zero-order chi connectivity index (χ0) is 23.0.